The van der Waals surface area contributed by atoms with Gasteiger partial charge in [0, 0.05) is 11.1 Å². The zero-order valence-electron chi connectivity index (χ0n) is 13.5. The average Bonchev–Trinajstić information content (AvgIpc) is 3.19. The zero-order valence-corrected chi connectivity index (χ0v) is 15.2. The number of benzene rings is 1. The van der Waals surface area contributed by atoms with Gasteiger partial charge in [-0.3, -0.25) is 4.98 Å². The van der Waals surface area contributed by atoms with Gasteiger partial charge in [-0.05, 0) is 60.4 Å². The van der Waals surface area contributed by atoms with E-state index < -0.39 is 0 Å². The summed E-state index contributed by atoms with van der Waals surface area (Å²) in [6.07, 6.45) is 1.77. The van der Waals surface area contributed by atoms with Crippen LogP contribution in [0.2, 0.25) is 0 Å². The number of para-hydroxylation sites is 1. The molecule has 0 unspecified atom stereocenters. The Morgan fingerprint density at radius 3 is 2.64 bits per heavy atom. The predicted molar refractivity (Wildman–Crippen MR) is 103 cm³/mol. The molecule has 2 aromatic heterocycles. The number of halogens is 1. The standard InChI is InChI=1S/C19H16FN3S2/c1-12-9-11-25-18(12)17-16(14-7-4-5-10-21-14)22-19(24)23(17)15-8-3-2-6-13(15)20/h2-11,16-17H,1H3,(H,22,24)/t16-,17+/m0/s1. The third-order valence-electron chi connectivity index (χ3n) is 4.38. The molecule has 0 radical (unpaired) electrons. The number of hydrogen-bond acceptors (Lipinski definition) is 3. The first-order valence-corrected chi connectivity index (χ1v) is 9.25. The van der Waals surface area contributed by atoms with E-state index in [2.05, 4.69) is 28.7 Å². The molecule has 126 valence electrons. The van der Waals surface area contributed by atoms with Gasteiger partial charge in [-0.25, -0.2) is 4.39 Å². The van der Waals surface area contributed by atoms with Gasteiger partial charge < -0.3 is 10.2 Å². The number of aromatic nitrogens is 1. The Morgan fingerprint density at radius 1 is 1.16 bits per heavy atom. The summed E-state index contributed by atoms with van der Waals surface area (Å²) in [5.74, 6) is -0.285. The molecule has 1 saturated heterocycles. The van der Waals surface area contributed by atoms with Crippen molar-refractivity contribution in [2.75, 3.05) is 4.90 Å². The molecular formula is C19H16FN3S2. The quantitative estimate of drug-likeness (QED) is 0.673. The number of pyridine rings is 1. The highest BCUT2D eigenvalue weighted by molar-refractivity contribution is 7.80. The monoisotopic (exact) mass is 369 g/mol. The van der Waals surface area contributed by atoms with E-state index in [1.165, 1.54) is 11.6 Å². The topological polar surface area (TPSA) is 28.2 Å². The van der Waals surface area contributed by atoms with Crippen LogP contribution < -0.4 is 10.2 Å². The Kier molecular flexibility index (Phi) is 4.23. The van der Waals surface area contributed by atoms with Crippen LogP contribution in [0.5, 0.6) is 0 Å². The van der Waals surface area contributed by atoms with Crippen molar-refractivity contribution in [1.82, 2.24) is 10.3 Å². The molecule has 0 aliphatic carbocycles. The Morgan fingerprint density at radius 2 is 1.96 bits per heavy atom. The molecule has 2 atom stereocenters. The molecule has 6 heteroatoms. The molecule has 0 saturated carbocycles. The summed E-state index contributed by atoms with van der Waals surface area (Å²) in [4.78, 5) is 7.53. The summed E-state index contributed by atoms with van der Waals surface area (Å²) in [5.41, 5.74) is 2.54. The van der Waals surface area contributed by atoms with Crippen molar-refractivity contribution in [3.63, 3.8) is 0 Å². The third-order valence-corrected chi connectivity index (χ3v) is 5.78. The van der Waals surface area contributed by atoms with Crippen molar-refractivity contribution in [2.24, 2.45) is 0 Å². The number of nitrogens with one attached hydrogen (secondary N) is 1. The maximum absolute atomic E-state index is 14.5. The smallest absolute Gasteiger partial charge is 0.174 e. The maximum Gasteiger partial charge on any atom is 0.174 e. The van der Waals surface area contributed by atoms with E-state index in [1.54, 1.807) is 29.7 Å². The van der Waals surface area contributed by atoms with Gasteiger partial charge in [-0.1, -0.05) is 18.2 Å². The summed E-state index contributed by atoms with van der Waals surface area (Å²) in [6.45, 7) is 2.07. The van der Waals surface area contributed by atoms with Crippen molar-refractivity contribution in [3.8, 4) is 0 Å². The predicted octanol–water partition coefficient (Wildman–Crippen LogP) is 4.77. The van der Waals surface area contributed by atoms with E-state index in [9.17, 15) is 4.39 Å². The van der Waals surface area contributed by atoms with E-state index in [4.69, 9.17) is 12.2 Å². The van der Waals surface area contributed by atoms with Gasteiger partial charge in [0.2, 0.25) is 0 Å². The maximum atomic E-state index is 14.5. The van der Waals surface area contributed by atoms with Crippen LogP contribution in [0.4, 0.5) is 10.1 Å². The van der Waals surface area contributed by atoms with Crippen LogP contribution in [0.25, 0.3) is 0 Å². The van der Waals surface area contributed by atoms with Gasteiger partial charge in [-0.15, -0.1) is 11.3 Å². The lowest BCUT2D eigenvalue weighted by Crippen LogP contribution is -2.30. The highest BCUT2D eigenvalue weighted by Gasteiger charge is 2.42. The number of rotatable bonds is 3. The van der Waals surface area contributed by atoms with Gasteiger partial charge >= 0.3 is 0 Å². The number of thiocarbonyl (C=S) groups is 1. The fourth-order valence-corrected chi connectivity index (χ4v) is 4.61. The fourth-order valence-electron chi connectivity index (χ4n) is 3.21. The lowest BCUT2D eigenvalue weighted by molar-refractivity contribution is 0.563. The van der Waals surface area contributed by atoms with Gasteiger partial charge in [0.05, 0.1) is 23.5 Å². The first-order chi connectivity index (χ1) is 12.2. The van der Waals surface area contributed by atoms with Crippen molar-refractivity contribution >= 4 is 34.4 Å². The summed E-state index contributed by atoms with van der Waals surface area (Å²) >= 11 is 7.24. The lowest BCUT2D eigenvalue weighted by atomic mass is 10.0. The van der Waals surface area contributed by atoms with Gasteiger partial charge in [0.1, 0.15) is 5.82 Å². The highest BCUT2D eigenvalue weighted by Crippen LogP contribution is 2.44. The summed E-state index contributed by atoms with van der Waals surface area (Å²) in [7, 11) is 0. The van der Waals surface area contributed by atoms with Crippen LogP contribution in [-0.4, -0.2) is 10.1 Å². The first kappa shape index (κ1) is 16.2. The normalized spacial score (nSPS) is 19.9. The molecule has 1 fully saturated rings. The number of hydrogen-bond donors (Lipinski definition) is 1. The number of aryl methyl sites for hydroxylation is 1. The summed E-state index contributed by atoms with van der Waals surface area (Å²) in [6, 6.07) is 14.4. The minimum atomic E-state index is -0.285. The molecule has 3 heterocycles. The van der Waals surface area contributed by atoms with Gasteiger partial charge in [0.25, 0.3) is 0 Å². The number of anilines is 1. The van der Waals surface area contributed by atoms with Crippen LogP contribution in [0.1, 0.15) is 28.2 Å². The van der Waals surface area contributed by atoms with Crippen molar-refractivity contribution in [2.45, 2.75) is 19.0 Å². The van der Waals surface area contributed by atoms with Crippen LogP contribution in [0.3, 0.4) is 0 Å². The average molecular weight is 369 g/mol. The second kappa shape index (κ2) is 6.54. The molecule has 1 aliphatic rings. The molecule has 4 rings (SSSR count). The van der Waals surface area contributed by atoms with Crippen LogP contribution in [0, 0.1) is 12.7 Å². The minimum Gasteiger partial charge on any atom is -0.351 e. The first-order valence-electron chi connectivity index (χ1n) is 7.96. The van der Waals surface area contributed by atoms with Gasteiger partial charge in [0.15, 0.2) is 5.11 Å². The zero-order chi connectivity index (χ0) is 17.4. The number of thiophene rings is 1. The molecule has 3 aromatic rings. The Balaban J connectivity index is 1.87. The lowest BCUT2D eigenvalue weighted by Gasteiger charge is -2.27. The number of nitrogens with zero attached hydrogens (tertiary/aromatic N) is 2. The summed E-state index contributed by atoms with van der Waals surface area (Å²) in [5, 5.41) is 5.92. The highest BCUT2D eigenvalue weighted by atomic mass is 32.1. The van der Waals surface area contributed by atoms with E-state index in [0.717, 1.165) is 10.6 Å². The molecule has 1 aliphatic heterocycles. The third kappa shape index (κ3) is 2.81. The minimum absolute atomic E-state index is 0.134. The molecule has 25 heavy (non-hydrogen) atoms. The Hall–Kier alpha value is -2.31. The van der Waals surface area contributed by atoms with Crippen LogP contribution in [0.15, 0.2) is 60.1 Å². The largest absolute Gasteiger partial charge is 0.351 e. The van der Waals surface area contributed by atoms with Crippen molar-refractivity contribution in [1.29, 1.82) is 0 Å². The van der Waals surface area contributed by atoms with Crippen molar-refractivity contribution < 1.29 is 4.39 Å². The SMILES string of the molecule is Cc1ccsc1[C@H]1[C@H](c2ccccn2)NC(=S)N1c1ccccc1F. The Labute approximate surface area is 155 Å². The van der Waals surface area contributed by atoms with E-state index >= 15 is 0 Å². The molecule has 0 amide bonds. The second-order valence-electron chi connectivity index (χ2n) is 5.92. The van der Waals surface area contributed by atoms with Crippen LogP contribution in [-0.2, 0) is 0 Å². The second-order valence-corrected chi connectivity index (χ2v) is 7.25. The van der Waals surface area contributed by atoms with E-state index in [1.807, 2.05) is 29.2 Å². The molecular weight excluding hydrogens is 353 g/mol. The molecule has 0 bridgehead atoms. The van der Waals surface area contributed by atoms with Gasteiger partial charge in [-0.2, -0.15) is 0 Å². The molecule has 1 aromatic carbocycles. The fraction of sp³-hybridized carbons (Fsp3) is 0.158. The molecule has 3 nitrogen and oxygen atoms in total. The molecule has 1 N–H and O–H groups in total. The summed E-state index contributed by atoms with van der Waals surface area (Å²) < 4.78 is 14.5. The van der Waals surface area contributed by atoms with Crippen molar-refractivity contribution in [3.05, 3.63) is 82.1 Å². The van der Waals surface area contributed by atoms with E-state index in [-0.39, 0.29) is 17.9 Å². The van der Waals surface area contributed by atoms with E-state index in [0.29, 0.717) is 10.8 Å². The van der Waals surface area contributed by atoms with Crippen LogP contribution >= 0.6 is 23.6 Å². The molecule has 0 spiro atoms. The Bertz CT molecular complexity index is 910.